The van der Waals surface area contributed by atoms with Crippen LogP contribution in [0.3, 0.4) is 0 Å². The Balaban J connectivity index is 3.19. The summed E-state index contributed by atoms with van der Waals surface area (Å²) < 4.78 is 12.2. The number of hydrogen-bond donors (Lipinski definition) is 1. The molecule has 0 amide bonds. The predicted molar refractivity (Wildman–Crippen MR) is 24.9 cm³/mol. The molecule has 0 aromatic carbocycles. The third-order valence-electron chi connectivity index (χ3n) is 0.791. The van der Waals surface area contributed by atoms with Crippen LogP contribution < -0.4 is 5.84 Å². The van der Waals surface area contributed by atoms with Crippen molar-refractivity contribution in [2.24, 2.45) is 0 Å². The highest BCUT2D eigenvalue weighted by molar-refractivity contribution is 4.90. The fourth-order valence-corrected chi connectivity index (χ4v) is 0.362. The Bertz CT molecular complexity index is 174. The van der Waals surface area contributed by atoms with E-state index in [0.717, 1.165) is 0 Å². The topological polar surface area (TPSA) is 56.7 Å². The lowest BCUT2D eigenvalue weighted by Gasteiger charge is -1.83. The van der Waals surface area contributed by atoms with Gasteiger partial charge in [-0.3, -0.25) is 0 Å². The highest BCUT2D eigenvalue weighted by atomic mass is 19.1. The molecule has 0 aliphatic heterocycles. The molecule has 4 nitrogen and oxygen atoms in total. The molecule has 5 heteroatoms. The molecule has 1 rings (SSSR count). The van der Waals surface area contributed by atoms with E-state index in [0.29, 0.717) is 4.79 Å². The Morgan fingerprint density at radius 2 is 2.38 bits per heavy atom. The van der Waals surface area contributed by atoms with Gasteiger partial charge in [0, 0.05) is 0 Å². The van der Waals surface area contributed by atoms with Gasteiger partial charge in [-0.05, 0) is 12.1 Å². The van der Waals surface area contributed by atoms with Crippen LogP contribution in [0.1, 0.15) is 5.69 Å². The lowest BCUT2D eigenvalue weighted by molar-refractivity contribution is 0.515. The SMILES string of the molecule is Cc1nnn(N)c1F. The number of halogens is 1. The van der Waals surface area contributed by atoms with Crippen molar-refractivity contribution < 1.29 is 4.39 Å². The van der Waals surface area contributed by atoms with Crippen LogP contribution in [0, 0.1) is 12.9 Å². The van der Waals surface area contributed by atoms with Gasteiger partial charge in [0.1, 0.15) is 5.69 Å². The van der Waals surface area contributed by atoms with Gasteiger partial charge in [-0.1, -0.05) is 0 Å². The summed E-state index contributed by atoms with van der Waals surface area (Å²) in [5.41, 5.74) is 0.215. The van der Waals surface area contributed by atoms with Gasteiger partial charge in [0.15, 0.2) is 0 Å². The van der Waals surface area contributed by atoms with E-state index in [-0.39, 0.29) is 5.69 Å². The number of aryl methyl sites for hydroxylation is 1. The van der Waals surface area contributed by atoms with Gasteiger partial charge in [-0.15, -0.1) is 9.89 Å². The molecule has 0 saturated carbocycles. The van der Waals surface area contributed by atoms with Gasteiger partial charge in [0.2, 0.25) is 0 Å². The second-order valence-corrected chi connectivity index (χ2v) is 1.41. The molecule has 0 unspecified atom stereocenters. The summed E-state index contributed by atoms with van der Waals surface area (Å²) in [4.78, 5) is 0.593. The van der Waals surface area contributed by atoms with E-state index in [1.807, 2.05) is 0 Å². The predicted octanol–water partition coefficient (Wildman–Crippen LogP) is -0.561. The Hall–Kier alpha value is -1.13. The third kappa shape index (κ3) is 0.518. The molecule has 2 N–H and O–H groups in total. The standard InChI is InChI=1S/C3H5FN4/c1-2-3(4)8(5)7-6-2/h5H2,1H3. The first-order valence-corrected chi connectivity index (χ1v) is 2.04. The van der Waals surface area contributed by atoms with Gasteiger partial charge in [-0.25, -0.2) is 0 Å². The zero-order valence-electron chi connectivity index (χ0n) is 4.30. The number of nitrogen functional groups attached to an aromatic ring is 1. The number of rotatable bonds is 0. The first kappa shape index (κ1) is 5.02. The van der Waals surface area contributed by atoms with Crippen LogP contribution in [0.5, 0.6) is 0 Å². The van der Waals surface area contributed by atoms with E-state index in [9.17, 15) is 4.39 Å². The van der Waals surface area contributed by atoms with E-state index in [2.05, 4.69) is 10.3 Å². The summed E-state index contributed by atoms with van der Waals surface area (Å²) in [5.74, 6) is 4.32. The Labute approximate surface area is 45.1 Å². The van der Waals surface area contributed by atoms with Crippen molar-refractivity contribution in [2.75, 3.05) is 5.84 Å². The first-order chi connectivity index (χ1) is 3.72. The maximum Gasteiger partial charge on any atom is 0.254 e. The Morgan fingerprint density at radius 3 is 2.50 bits per heavy atom. The number of aromatic nitrogens is 3. The summed E-state index contributed by atoms with van der Waals surface area (Å²) >= 11 is 0. The van der Waals surface area contributed by atoms with E-state index >= 15 is 0 Å². The second-order valence-electron chi connectivity index (χ2n) is 1.41. The van der Waals surface area contributed by atoms with Crippen LogP contribution in [-0.2, 0) is 0 Å². The van der Waals surface area contributed by atoms with Crippen LogP contribution in [0.4, 0.5) is 4.39 Å². The normalized spacial score (nSPS) is 9.75. The highest BCUT2D eigenvalue weighted by Gasteiger charge is 2.02. The minimum absolute atomic E-state index is 0.215. The molecule has 0 aliphatic carbocycles. The summed E-state index contributed by atoms with van der Waals surface area (Å²) in [7, 11) is 0. The van der Waals surface area contributed by atoms with Gasteiger partial charge in [0.05, 0.1) is 0 Å². The van der Waals surface area contributed by atoms with Crippen molar-refractivity contribution in [3.05, 3.63) is 11.6 Å². The lowest BCUT2D eigenvalue weighted by atomic mass is 10.5. The van der Waals surface area contributed by atoms with E-state index < -0.39 is 5.95 Å². The maximum absolute atomic E-state index is 12.2. The Kier molecular flexibility index (Phi) is 0.896. The number of hydrogen-bond acceptors (Lipinski definition) is 3. The van der Waals surface area contributed by atoms with Crippen molar-refractivity contribution in [3.8, 4) is 0 Å². The van der Waals surface area contributed by atoms with Gasteiger partial charge in [-0.2, -0.15) is 4.39 Å². The quantitative estimate of drug-likeness (QED) is 0.462. The van der Waals surface area contributed by atoms with Crippen LogP contribution in [-0.4, -0.2) is 15.1 Å². The molecule has 0 aliphatic rings. The van der Waals surface area contributed by atoms with E-state index in [1.54, 1.807) is 0 Å². The first-order valence-electron chi connectivity index (χ1n) is 2.04. The zero-order valence-corrected chi connectivity index (χ0v) is 4.30. The zero-order chi connectivity index (χ0) is 6.15. The average Bonchev–Trinajstić information content (AvgIpc) is 1.98. The van der Waals surface area contributed by atoms with Crippen molar-refractivity contribution in [1.29, 1.82) is 0 Å². The molecule has 1 aromatic rings. The fourth-order valence-electron chi connectivity index (χ4n) is 0.362. The summed E-state index contributed by atoms with van der Waals surface area (Å²) in [6.45, 7) is 1.49. The molecule has 0 bridgehead atoms. The molecule has 1 aromatic heterocycles. The fraction of sp³-hybridized carbons (Fsp3) is 0.333. The molecular formula is C3H5FN4. The number of nitrogens with two attached hydrogens (primary N) is 1. The van der Waals surface area contributed by atoms with Gasteiger partial charge in [0.25, 0.3) is 5.95 Å². The van der Waals surface area contributed by atoms with Crippen LogP contribution in [0.25, 0.3) is 0 Å². The van der Waals surface area contributed by atoms with Crippen molar-refractivity contribution in [1.82, 2.24) is 15.1 Å². The molecule has 44 valence electrons. The summed E-state index contributed by atoms with van der Waals surface area (Å²) in [6, 6.07) is 0. The average molecular weight is 116 g/mol. The summed E-state index contributed by atoms with van der Waals surface area (Å²) in [5, 5.41) is 6.51. The van der Waals surface area contributed by atoms with E-state index in [4.69, 9.17) is 5.84 Å². The highest BCUT2D eigenvalue weighted by Crippen LogP contribution is 1.94. The lowest BCUT2D eigenvalue weighted by Crippen LogP contribution is -2.12. The van der Waals surface area contributed by atoms with Crippen molar-refractivity contribution >= 4 is 0 Å². The Morgan fingerprint density at radius 1 is 1.75 bits per heavy atom. The minimum atomic E-state index is -0.593. The molecule has 1 heterocycles. The molecule has 0 spiro atoms. The largest absolute Gasteiger partial charge is 0.319 e. The van der Waals surface area contributed by atoms with Crippen molar-refractivity contribution in [3.63, 3.8) is 0 Å². The molecule has 0 fully saturated rings. The minimum Gasteiger partial charge on any atom is -0.319 e. The summed E-state index contributed by atoms with van der Waals surface area (Å²) in [6.07, 6.45) is 0. The molecule has 0 atom stereocenters. The molecule has 8 heavy (non-hydrogen) atoms. The van der Waals surface area contributed by atoms with Gasteiger partial charge < -0.3 is 5.84 Å². The molecular weight excluding hydrogens is 111 g/mol. The monoisotopic (exact) mass is 116 g/mol. The molecule has 0 radical (unpaired) electrons. The van der Waals surface area contributed by atoms with Crippen molar-refractivity contribution in [2.45, 2.75) is 6.92 Å². The van der Waals surface area contributed by atoms with Crippen LogP contribution >= 0.6 is 0 Å². The smallest absolute Gasteiger partial charge is 0.254 e. The van der Waals surface area contributed by atoms with E-state index in [1.165, 1.54) is 6.92 Å². The maximum atomic E-state index is 12.2. The van der Waals surface area contributed by atoms with Gasteiger partial charge >= 0.3 is 0 Å². The number of nitrogens with zero attached hydrogens (tertiary/aromatic N) is 3. The third-order valence-corrected chi connectivity index (χ3v) is 0.791. The molecule has 0 saturated heterocycles. The van der Waals surface area contributed by atoms with Crippen LogP contribution in [0.15, 0.2) is 0 Å². The van der Waals surface area contributed by atoms with Crippen LogP contribution in [0.2, 0.25) is 0 Å². The second kappa shape index (κ2) is 1.43.